The second-order valence-corrected chi connectivity index (χ2v) is 8.36. The van der Waals surface area contributed by atoms with Gasteiger partial charge in [0.15, 0.2) is 0 Å². The number of sulfonamides is 1. The van der Waals surface area contributed by atoms with Gasteiger partial charge in [-0.15, -0.1) is 0 Å². The van der Waals surface area contributed by atoms with Crippen LogP contribution in [0.4, 0.5) is 5.69 Å². The van der Waals surface area contributed by atoms with E-state index in [1.54, 1.807) is 0 Å². The van der Waals surface area contributed by atoms with Gasteiger partial charge in [-0.2, -0.15) is 0 Å². The molecule has 2 aromatic carbocycles. The maximum absolute atomic E-state index is 12.3. The minimum atomic E-state index is -3.61. The standard InChI is InChI=1S/C19H25N3O4S/c1-14(15-8-6-5-7-9-15)20-13-19(23)21-17-12-16(10-11-18(17)26-4)27(24,25)22(2)3/h5-12,14,20H,13H2,1-4H3,(H,21,23)/t14-/m1/s1. The van der Waals surface area contributed by atoms with Gasteiger partial charge in [-0.3, -0.25) is 4.79 Å². The summed E-state index contributed by atoms with van der Waals surface area (Å²) in [5, 5.41) is 5.85. The van der Waals surface area contributed by atoms with Crippen molar-refractivity contribution in [1.29, 1.82) is 0 Å². The van der Waals surface area contributed by atoms with E-state index in [1.165, 1.54) is 39.4 Å². The molecule has 7 nitrogen and oxygen atoms in total. The second kappa shape index (κ2) is 8.98. The number of ether oxygens (including phenoxy) is 1. The summed E-state index contributed by atoms with van der Waals surface area (Å²) in [5.74, 6) is 0.0904. The Morgan fingerprint density at radius 1 is 1.15 bits per heavy atom. The smallest absolute Gasteiger partial charge is 0.242 e. The Morgan fingerprint density at radius 3 is 2.41 bits per heavy atom. The molecule has 1 atom stereocenters. The molecule has 0 saturated carbocycles. The number of carbonyl (C=O) groups is 1. The Labute approximate surface area is 160 Å². The second-order valence-electron chi connectivity index (χ2n) is 6.21. The van der Waals surface area contributed by atoms with Crippen LogP contribution < -0.4 is 15.4 Å². The minimum Gasteiger partial charge on any atom is -0.495 e. The number of nitrogens with zero attached hydrogens (tertiary/aromatic N) is 1. The van der Waals surface area contributed by atoms with E-state index >= 15 is 0 Å². The van der Waals surface area contributed by atoms with Crippen LogP contribution in [0.3, 0.4) is 0 Å². The van der Waals surface area contributed by atoms with Crippen molar-refractivity contribution in [2.24, 2.45) is 0 Å². The molecule has 0 aromatic heterocycles. The molecular weight excluding hydrogens is 366 g/mol. The first-order valence-electron chi connectivity index (χ1n) is 8.44. The molecule has 0 aliphatic heterocycles. The number of methoxy groups -OCH3 is 1. The monoisotopic (exact) mass is 391 g/mol. The zero-order chi connectivity index (χ0) is 20.0. The van der Waals surface area contributed by atoms with E-state index in [9.17, 15) is 13.2 Å². The third-order valence-electron chi connectivity index (χ3n) is 4.09. The van der Waals surface area contributed by atoms with E-state index in [4.69, 9.17) is 4.74 Å². The van der Waals surface area contributed by atoms with Crippen LogP contribution >= 0.6 is 0 Å². The average Bonchev–Trinajstić information content (AvgIpc) is 2.66. The number of hydrogen-bond donors (Lipinski definition) is 2. The van der Waals surface area contributed by atoms with Crippen molar-refractivity contribution in [1.82, 2.24) is 9.62 Å². The van der Waals surface area contributed by atoms with Crippen molar-refractivity contribution in [2.75, 3.05) is 33.1 Å². The van der Waals surface area contributed by atoms with Crippen molar-refractivity contribution in [2.45, 2.75) is 17.9 Å². The Balaban J connectivity index is 2.10. The van der Waals surface area contributed by atoms with E-state index in [1.807, 2.05) is 37.3 Å². The molecule has 0 unspecified atom stereocenters. The lowest BCUT2D eigenvalue weighted by Crippen LogP contribution is -2.30. The summed E-state index contributed by atoms with van der Waals surface area (Å²) >= 11 is 0. The fourth-order valence-electron chi connectivity index (χ4n) is 2.46. The predicted octanol–water partition coefficient (Wildman–Crippen LogP) is 2.23. The number of rotatable bonds is 8. The van der Waals surface area contributed by atoms with E-state index in [0.29, 0.717) is 11.4 Å². The number of anilines is 1. The van der Waals surface area contributed by atoms with Gasteiger partial charge in [0.1, 0.15) is 5.75 Å². The Morgan fingerprint density at radius 2 is 1.81 bits per heavy atom. The third-order valence-corrected chi connectivity index (χ3v) is 5.90. The average molecular weight is 391 g/mol. The zero-order valence-electron chi connectivity index (χ0n) is 15.9. The quantitative estimate of drug-likeness (QED) is 0.721. The van der Waals surface area contributed by atoms with Gasteiger partial charge in [0.25, 0.3) is 0 Å². The molecule has 0 heterocycles. The molecule has 8 heteroatoms. The molecule has 0 fully saturated rings. The molecule has 0 bridgehead atoms. The molecule has 0 saturated heterocycles. The van der Waals surface area contributed by atoms with Gasteiger partial charge in [0, 0.05) is 20.1 Å². The first-order valence-corrected chi connectivity index (χ1v) is 9.88. The highest BCUT2D eigenvalue weighted by Gasteiger charge is 2.20. The molecule has 2 aromatic rings. The SMILES string of the molecule is COc1ccc(S(=O)(=O)N(C)C)cc1NC(=O)CN[C@H](C)c1ccccc1. The predicted molar refractivity (Wildman–Crippen MR) is 105 cm³/mol. The largest absolute Gasteiger partial charge is 0.495 e. The van der Waals surface area contributed by atoms with E-state index in [-0.39, 0.29) is 23.4 Å². The summed E-state index contributed by atoms with van der Waals surface area (Å²) in [5.41, 5.74) is 1.38. The van der Waals surface area contributed by atoms with Crippen LogP contribution in [-0.4, -0.2) is 46.4 Å². The molecule has 2 rings (SSSR count). The van der Waals surface area contributed by atoms with Crippen LogP contribution in [0, 0.1) is 0 Å². The van der Waals surface area contributed by atoms with Crippen molar-refractivity contribution >= 4 is 21.6 Å². The molecule has 1 amide bonds. The molecule has 0 aliphatic rings. The maximum Gasteiger partial charge on any atom is 0.242 e. The Hall–Kier alpha value is -2.42. The van der Waals surface area contributed by atoms with Crippen molar-refractivity contribution < 1.29 is 17.9 Å². The molecule has 0 spiro atoms. The van der Waals surface area contributed by atoms with Gasteiger partial charge in [-0.05, 0) is 30.7 Å². The minimum absolute atomic E-state index is 0.000649. The first-order chi connectivity index (χ1) is 12.8. The summed E-state index contributed by atoms with van der Waals surface area (Å²) in [4.78, 5) is 12.4. The highest BCUT2D eigenvalue weighted by Crippen LogP contribution is 2.28. The number of amides is 1. The first kappa shape index (κ1) is 20.9. The molecule has 27 heavy (non-hydrogen) atoms. The summed E-state index contributed by atoms with van der Waals surface area (Å²) in [7, 11) is 0.750. The van der Waals surface area contributed by atoms with Gasteiger partial charge in [-0.25, -0.2) is 12.7 Å². The van der Waals surface area contributed by atoms with Crippen LogP contribution in [0.2, 0.25) is 0 Å². The fourth-order valence-corrected chi connectivity index (χ4v) is 3.38. The summed E-state index contributed by atoms with van der Waals surface area (Å²) < 4.78 is 30.9. The summed E-state index contributed by atoms with van der Waals surface area (Å²) in [6.45, 7) is 2.04. The highest BCUT2D eigenvalue weighted by atomic mass is 32.2. The van der Waals surface area contributed by atoms with E-state index in [2.05, 4.69) is 10.6 Å². The van der Waals surface area contributed by atoms with Crippen molar-refractivity contribution in [3.63, 3.8) is 0 Å². The van der Waals surface area contributed by atoms with Crippen LogP contribution in [0.25, 0.3) is 0 Å². The highest BCUT2D eigenvalue weighted by molar-refractivity contribution is 7.89. The fraction of sp³-hybridized carbons (Fsp3) is 0.316. The lowest BCUT2D eigenvalue weighted by Gasteiger charge is -2.16. The normalized spacial score (nSPS) is 12.6. The number of benzene rings is 2. The van der Waals surface area contributed by atoms with Crippen LogP contribution in [0.1, 0.15) is 18.5 Å². The molecule has 0 aliphatic carbocycles. The third kappa shape index (κ3) is 5.29. The van der Waals surface area contributed by atoms with E-state index < -0.39 is 10.0 Å². The van der Waals surface area contributed by atoms with Crippen molar-refractivity contribution in [3.05, 3.63) is 54.1 Å². The van der Waals surface area contributed by atoms with Gasteiger partial charge in [0.05, 0.1) is 24.2 Å². The van der Waals surface area contributed by atoms with Gasteiger partial charge in [0.2, 0.25) is 15.9 Å². The topological polar surface area (TPSA) is 87.7 Å². The van der Waals surface area contributed by atoms with Crippen molar-refractivity contribution in [3.8, 4) is 5.75 Å². The molecular formula is C19H25N3O4S. The number of carbonyl (C=O) groups excluding carboxylic acids is 1. The molecule has 2 N–H and O–H groups in total. The van der Waals surface area contributed by atoms with Gasteiger partial charge < -0.3 is 15.4 Å². The Kier molecular flexibility index (Phi) is 6.95. The van der Waals surface area contributed by atoms with Gasteiger partial charge >= 0.3 is 0 Å². The van der Waals surface area contributed by atoms with Crippen LogP contribution in [-0.2, 0) is 14.8 Å². The van der Waals surface area contributed by atoms with Crippen LogP contribution in [0.15, 0.2) is 53.4 Å². The number of nitrogens with one attached hydrogen (secondary N) is 2. The zero-order valence-corrected chi connectivity index (χ0v) is 16.7. The van der Waals surface area contributed by atoms with E-state index in [0.717, 1.165) is 9.87 Å². The lowest BCUT2D eigenvalue weighted by molar-refractivity contribution is -0.115. The summed E-state index contributed by atoms with van der Waals surface area (Å²) in [6, 6.07) is 14.1. The van der Waals surface area contributed by atoms with Crippen LogP contribution in [0.5, 0.6) is 5.75 Å². The number of hydrogen-bond acceptors (Lipinski definition) is 5. The molecule has 146 valence electrons. The Bertz CT molecular complexity index is 883. The molecule has 0 radical (unpaired) electrons. The maximum atomic E-state index is 12.3. The van der Waals surface area contributed by atoms with Gasteiger partial charge in [-0.1, -0.05) is 30.3 Å². The summed E-state index contributed by atoms with van der Waals surface area (Å²) in [6.07, 6.45) is 0. The lowest BCUT2D eigenvalue weighted by atomic mass is 10.1.